The minimum absolute atomic E-state index is 0.00737. The van der Waals surface area contributed by atoms with Gasteiger partial charge in [0.05, 0.1) is 17.1 Å². The van der Waals surface area contributed by atoms with Crippen molar-refractivity contribution < 1.29 is 29.0 Å². The van der Waals surface area contributed by atoms with E-state index in [1.807, 2.05) is 0 Å². The van der Waals surface area contributed by atoms with Crippen LogP contribution in [0.15, 0.2) is 63.8 Å². The molecule has 2 aliphatic rings. The van der Waals surface area contributed by atoms with Gasteiger partial charge in [-0.2, -0.15) is 0 Å². The molecule has 4 rings (SSSR count). The van der Waals surface area contributed by atoms with E-state index in [1.165, 1.54) is 30.3 Å². The van der Waals surface area contributed by atoms with Crippen LogP contribution in [0.2, 0.25) is 0 Å². The maximum absolute atomic E-state index is 12.2. The van der Waals surface area contributed by atoms with Crippen molar-refractivity contribution in [3.8, 4) is 28.2 Å². The molecule has 0 saturated heterocycles. The molecule has 1 aliphatic carbocycles. The highest BCUT2D eigenvalue weighted by atomic mass is 32.2. The zero-order valence-electron chi connectivity index (χ0n) is 17.5. The Morgan fingerprint density at radius 3 is 2.47 bits per heavy atom. The number of rotatable bonds is 7. The maximum atomic E-state index is 12.2. The van der Waals surface area contributed by atoms with Crippen molar-refractivity contribution >= 4 is 46.2 Å². The summed E-state index contributed by atoms with van der Waals surface area (Å²) in [6.45, 7) is 0. The van der Waals surface area contributed by atoms with E-state index < -0.39 is 17.8 Å². The second kappa shape index (κ2) is 9.28. The Morgan fingerprint density at radius 2 is 1.74 bits per heavy atom. The van der Waals surface area contributed by atoms with Crippen molar-refractivity contribution in [1.82, 2.24) is 0 Å². The molecule has 0 radical (unpaired) electrons. The lowest BCUT2D eigenvalue weighted by Crippen LogP contribution is -2.18. The summed E-state index contributed by atoms with van der Waals surface area (Å²) in [7, 11) is 0. The van der Waals surface area contributed by atoms with Gasteiger partial charge in [-0.1, -0.05) is 6.07 Å². The summed E-state index contributed by atoms with van der Waals surface area (Å²) in [5.41, 5.74) is 6.57. The molecule has 5 N–H and O–H groups in total. The third-order valence-corrected chi connectivity index (χ3v) is 5.91. The van der Waals surface area contributed by atoms with Gasteiger partial charge < -0.3 is 25.7 Å². The number of aromatic carboxylic acids is 1. The number of carboxylic acids is 1. The Bertz CT molecular complexity index is 1480. The first-order valence-electron chi connectivity index (χ1n) is 9.96. The van der Waals surface area contributed by atoms with Crippen LogP contribution in [0.1, 0.15) is 10.4 Å². The number of phenolic OH excluding ortho intramolecular Hbond substituents is 1. The number of hydrogen-bond acceptors (Lipinski definition) is 7. The third-order valence-electron chi connectivity index (χ3n) is 4.96. The van der Waals surface area contributed by atoms with Gasteiger partial charge in [-0.05, 0) is 42.0 Å². The molecule has 9 nitrogen and oxygen atoms in total. The summed E-state index contributed by atoms with van der Waals surface area (Å²) >= 11 is 1.05. The molecule has 0 unspecified atom stereocenters. The quantitative estimate of drug-likeness (QED) is 0.295. The number of aromatic hydroxyl groups is 1. The van der Waals surface area contributed by atoms with E-state index in [2.05, 4.69) is 5.32 Å². The fraction of sp³-hybridized carbons (Fsp3) is 0.0833. The smallest absolute Gasteiger partial charge is 0.336 e. The Labute approximate surface area is 196 Å². The molecule has 10 heteroatoms. The van der Waals surface area contributed by atoms with Crippen molar-refractivity contribution in [1.29, 1.82) is 0 Å². The number of thioether (sulfide) groups is 1. The number of benzene rings is 3. The highest BCUT2D eigenvalue weighted by Gasteiger charge is 2.22. The normalized spacial score (nSPS) is 10.9. The molecule has 34 heavy (non-hydrogen) atoms. The minimum Gasteiger partial charge on any atom is -0.508 e. The van der Waals surface area contributed by atoms with Gasteiger partial charge in [0.2, 0.25) is 11.8 Å². The monoisotopic (exact) mass is 478 g/mol. The molecule has 0 aromatic heterocycles. The fourth-order valence-electron chi connectivity index (χ4n) is 3.61. The average Bonchev–Trinajstić information content (AvgIpc) is 2.77. The maximum Gasteiger partial charge on any atom is 0.336 e. The first-order chi connectivity index (χ1) is 16.2. The summed E-state index contributed by atoms with van der Waals surface area (Å²) in [5, 5.41) is 23.0. The molecule has 172 valence electrons. The number of phenols is 1. The van der Waals surface area contributed by atoms with Crippen LogP contribution >= 0.6 is 11.8 Å². The van der Waals surface area contributed by atoms with Gasteiger partial charge in [0, 0.05) is 34.3 Å². The third kappa shape index (κ3) is 4.71. The first-order valence-corrected chi connectivity index (χ1v) is 11.1. The number of primary amides is 1. The summed E-state index contributed by atoms with van der Waals surface area (Å²) in [6, 6.07) is 13.1. The van der Waals surface area contributed by atoms with Crippen LogP contribution in [0, 0.1) is 0 Å². The van der Waals surface area contributed by atoms with E-state index in [9.17, 15) is 29.4 Å². The molecule has 1 aliphatic heterocycles. The zero-order valence-corrected chi connectivity index (χ0v) is 18.3. The van der Waals surface area contributed by atoms with Crippen LogP contribution < -0.4 is 16.5 Å². The van der Waals surface area contributed by atoms with E-state index in [0.717, 1.165) is 11.8 Å². The SMILES string of the molecule is NC(=O)CSCC(=O)Nc1ccc(-c2c3ccc(=O)cc-3oc3cc(O)ccc23)c(C(=O)O)c1. The molecular weight excluding hydrogens is 460 g/mol. The lowest BCUT2D eigenvalue weighted by atomic mass is 9.90. The van der Waals surface area contributed by atoms with E-state index in [4.69, 9.17) is 10.2 Å². The largest absolute Gasteiger partial charge is 0.508 e. The zero-order chi connectivity index (χ0) is 24.4. The predicted molar refractivity (Wildman–Crippen MR) is 128 cm³/mol. The predicted octanol–water partition coefficient (Wildman–Crippen LogP) is 3.13. The van der Waals surface area contributed by atoms with Gasteiger partial charge in [-0.15, -0.1) is 11.8 Å². The van der Waals surface area contributed by atoms with Crippen LogP contribution in [-0.2, 0) is 9.59 Å². The summed E-state index contributed by atoms with van der Waals surface area (Å²) in [6.07, 6.45) is 0. The molecular formula is C24H18N2O7S. The number of fused-ring (bicyclic) bond motifs is 2. The molecule has 2 aromatic rings. The highest BCUT2D eigenvalue weighted by Crippen LogP contribution is 2.42. The van der Waals surface area contributed by atoms with Crippen LogP contribution in [-0.4, -0.2) is 39.5 Å². The molecule has 1 heterocycles. The molecule has 0 saturated carbocycles. The summed E-state index contributed by atoms with van der Waals surface area (Å²) in [4.78, 5) is 47.0. The first kappa shape index (κ1) is 22.9. The summed E-state index contributed by atoms with van der Waals surface area (Å²) in [5.74, 6) is -2.03. The fourth-order valence-corrected chi connectivity index (χ4v) is 4.17. The van der Waals surface area contributed by atoms with Gasteiger partial charge in [-0.25, -0.2) is 4.79 Å². The molecule has 0 atom stereocenters. The molecule has 2 amide bonds. The van der Waals surface area contributed by atoms with Crippen molar-refractivity contribution in [3.05, 3.63) is 70.4 Å². The topological polar surface area (TPSA) is 160 Å². The van der Waals surface area contributed by atoms with E-state index in [-0.39, 0.29) is 45.3 Å². The van der Waals surface area contributed by atoms with E-state index >= 15 is 0 Å². The second-order valence-electron chi connectivity index (χ2n) is 7.39. The molecule has 0 fully saturated rings. The molecule has 2 aromatic carbocycles. The van der Waals surface area contributed by atoms with Crippen molar-refractivity contribution in [2.24, 2.45) is 5.73 Å². The number of carbonyl (C=O) groups excluding carboxylic acids is 2. The number of amides is 2. The van der Waals surface area contributed by atoms with Crippen molar-refractivity contribution in [2.75, 3.05) is 16.8 Å². The number of nitrogens with one attached hydrogen (secondary N) is 1. The van der Waals surface area contributed by atoms with Crippen LogP contribution in [0.3, 0.4) is 0 Å². The van der Waals surface area contributed by atoms with Crippen molar-refractivity contribution in [2.45, 2.75) is 0 Å². The number of hydrogen-bond donors (Lipinski definition) is 4. The average molecular weight is 478 g/mol. The Morgan fingerprint density at radius 1 is 0.971 bits per heavy atom. The molecule has 0 spiro atoms. The lowest BCUT2D eigenvalue weighted by Gasteiger charge is -2.17. The summed E-state index contributed by atoms with van der Waals surface area (Å²) < 4.78 is 5.80. The highest BCUT2D eigenvalue weighted by molar-refractivity contribution is 8.00. The van der Waals surface area contributed by atoms with Crippen molar-refractivity contribution in [3.63, 3.8) is 0 Å². The number of carbonyl (C=O) groups is 3. The standard InChI is InChI=1S/C24H18N2O7S/c25-21(29)10-34-11-22(30)26-12-1-4-15(18(7-12)24(31)32)23-16-5-2-13(27)8-19(16)33-20-9-14(28)3-6-17(20)23/h1-9,27H,10-11H2,(H2,25,29)(H,26,30)(H,31,32). The Kier molecular flexibility index (Phi) is 6.24. The molecule has 0 bridgehead atoms. The number of nitrogens with two attached hydrogens (primary N) is 1. The van der Waals surface area contributed by atoms with Gasteiger partial charge in [0.15, 0.2) is 5.43 Å². The van der Waals surface area contributed by atoms with Gasteiger partial charge in [0.1, 0.15) is 17.1 Å². The lowest BCUT2D eigenvalue weighted by molar-refractivity contribution is -0.115. The van der Waals surface area contributed by atoms with Crippen LogP contribution in [0.25, 0.3) is 33.4 Å². The van der Waals surface area contributed by atoms with E-state index in [0.29, 0.717) is 22.1 Å². The van der Waals surface area contributed by atoms with Gasteiger partial charge >= 0.3 is 5.97 Å². The Balaban J connectivity index is 1.83. The second-order valence-corrected chi connectivity index (χ2v) is 8.37. The van der Waals surface area contributed by atoms with Crippen LogP contribution in [0.4, 0.5) is 5.69 Å². The number of anilines is 1. The van der Waals surface area contributed by atoms with Gasteiger partial charge in [0.25, 0.3) is 0 Å². The van der Waals surface area contributed by atoms with E-state index in [1.54, 1.807) is 24.3 Å². The Hall–Kier alpha value is -4.31. The minimum atomic E-state index is -1.23. The number of carboxylic acid groups (broad SMARTS) is 1. The van der Waals surface area contributed by atoms with Gasteiger partial charge in [-0.3, -0.25) is 14.4 Å². The van der Waals surface area contributed by atoms with Crippen LogP contribution in [0.5, 0.6) is 5.75 Å².